The Morgan fingerprint density at radius 1 is 1.08 bits per heavy atom. The summed E-state index contributed by atoms with van der Waals surface area (Å²) in [4.78, 5) is 23.7. The summed E-state index contributed by atoms with van der Waals surface area (Å²) in [6.45, 7) is 0.207. The van der Waals surface area contributed by atoms with E-state index in [0.29, 0.717) is 0 Å². The first-order valence-electron chi connectivity index (χ1n) is 7.57. The Kier molecular flexibility index (Phi) is 6.54. The molecule has 2 aromatic rings. The SMILES string of the molecule is C#CCNS(=O)(=O)c1cccc(C(=O)NCCNC(=O)c2ccco2)c1. The average molecular weight is 375 g/mol. The first kappa shape index (κ1) is 19.2. The molecule has 0 unspecified atom stereocenters. The number of hydrogen-bond acceptors (Lipinski definition) is 5. The molecule has 0 aliphatic carbocycles. The van der Waals surface area contributed by atoms with Crippen LogP contribution in [0.5, 0.6) is 0 Å². The smallest absolute Gasteiger partial charge is 0.287 e. The lowest BCUT2D eigenvalue weighted by molar-refractivity contribution is 0.0910. The van der Waals surface area contributed by atoms with Crippen LogP contribution in [0.4, 0.5) is 0 Å². The second-order valence-corrected chi connectivity index (χ2v) is 6.81. The fourth-order valence-electron chi connectivity index (χ4n) is 1.97. The van der Waals surface area contributed by atoms with Crippen molar-refractivity contribution < 1.29 is 22.4 Å². The number of terminal acetylenes is 1. The molecule has 0 saturated carbocycles. The minimum absolute atomic E-state index is 0.0634. The van der Waals surface area contributed by atoms with Crippen LogP contribution in [0.15, 0.2) is 52.0 Å². The third-order valence-electron chi connectivity index (χ3n) is 3.21. The molecule has 1 aromatic heterocycles. The van der Waals surface area contributed by atoms with E-state index in [1.165, 1.54) is 36.6 Å². The van der Waals surface area contributed by atoms with E-state index in [4.69, 9.17) is 10.8 Å². The number of benzene rings is 1. The summed E-state index contributed by atoms with van der Waals surface area (Å²) in [6, 6.07) is 8.66. The van der Waals surface area contributed by atoms with Crippen LogP contribution in [0.2, 0.25) is 0 Å². The number of carbonyl (C=O) groups excluding carboxylic acids is 2. The molecule has 0 radical (unpaired) electrons. The highest BCUT2D eigenvalue weighted by Crippen LogP contribution is 2.11. The largest absolute Gasteiger partial charge is 0.459 e. The summed E-state index contributed by atoms with van der Waals surface area (Å²) in [6.07, 6.45) is 6.42. The minimum atomic E-state index is -3.78. The van der Waals surface area contributed by atoms with Crippen molar-refractivity contribution in [1.82, 2.24) is 15.4 Å². The maximum Gasteiger partial charge on any atom is 0.287 e. The van der Waals surface area contributed by atoms with Crippen molar-refractivity contribution in [2.24, 2.45) is 0 Å². The van der Waals surface area contributed by atoms with Crippen molar-refractivity contribution in [2.75, 3.05) is 19.6 Å². The molecular formula is C17H17N3O5S. The first-order chi connectivity index (χ1) is 12.4. The molecule has 0 fully saturated rings. The molecule has 0 spiro atoms. The third kappa shape index (κ3) is 5.20. The van der Waals surface area contributed by atoms with Gasteiger partial charge in [0.1, 0.15) is 0 Å². The highest BCUT2D eigenvalue weighted by atomic mass is 32.2. The molecule has 2 rings (SSSR count). The molecule has 136 valence electrons. The van der Waals surface area contributed by atoms with Crippen LogP contribution >= 0.6 is 0 Å². The maximum atomic E-state index is 12.1. The highest BCUT2D eigenvalue weighted by Gasteiger charge is 2.15. The van der Waals surface area contributed by atoms with Crippen LogP contribution in [-0.2, 0) is 10.0 Å². The lowest BCUT2D eigenvalue weighted by atomic mass is 10.2. The summed E-state index contributed by atoms with van der Waals surface area (Å²) in [5, 5.41) is 5.17. The molecule has 0 bridgehead atoms. The van der Waals surface area contributed by atoms with Crippen LogP contribution in [-0.4, -0.2) is 39.9 Å². The summed E-state index contributed by atoms with van der Waals surface area (Å²) in [5.41, 5.74) is 0.172. The Labute approximate surface area is 151 Å². The Morgan fingerprint density at radius 2 is 1.81 bits per heavy atom. The van der Waals surface area contributed by atoms with Crippen LogP contribution < -0.4 is 15.4 Å². The summed E-state index contributed by atoms with van der Waals surface area (Å²) < 4.78 is 31.2. The molecule has 1 heterocycles. The zero-order valence-electron chi connectivity index (χ0n) is 13.7. The van der Waals surface area contributed by atoms with Crippen molar-refractivity contribution in [3.63, 3.8) is 0 Å². The van der Waals surface area contributed by atoms with Gasteiger partial charge in [0.05, 0.1) is 17.7 Å². The minimum Gasteiger partial charge on any atom is -0.459 e. The highest BCUT2D eigenvalue weighted by molar-refractivity contribution is 7.89. The van der Waals surface area contributed by atoms with E-state index in [1.807, 2.05) is 0 Å². The van der Waals surface area contributed by atoms with Gasteiger partial charge in [0.25, 0.3) is 11.8 Å². The summed E-state index contributed by atoms with van der Waals surface area (Å²) in [7, 11) is -3.78. The maximum absolute atomic E-state index is 12.1. The normalized spacial score (nSPS) is 10.7. The Balaban J connectivity index is 1.89. The topological polar surface area (TPSA) is 118 Å². The molecule has 0 atom stereocenters. The number of rotatable bonds is 8. The number of sulfonamides is 1. The third-order valence-corrected chi connectivity index (χ3v) is 4.61. The zero-order chi connectivity index (χ0) is 19.0. The predicted octanol–water partition coefficient (Wildman–Crippen LogP) is 0.351. The van der Waals surface area contributed by atoms with E-state index < -0.39 is 21.8 Å². The van der Waals surface area contributed by atoms with Gasteiger partial charge in [-0.05, 0) is 30.3 Å². The molecule has 2 amide bonds. The van der Waals surface area contributed by atoms with Crippen molar-refractivity contribution in [2.45, 2.75) is 4.90 Å². The van der Waals surface area contributed by atoms with Crippen LogP contribution in [0.1, 0.15) is 20.9 Å². The van der Waals surface area contributed by atoms with Gasteiger partial charge in [-0.2, -0.15) is 4.72 Å². The molecule has 9 heteroatoms. The number of nitrogens with one attached hydrogen (secondary N) is 3. The van der Waals surface area contributed by atoms with Crippen molar-refractivity contribution in [1.29, 1.82) is 0 Å². The molecule has 26 heavy (non-hydrogen) atoms. The van der Waals surface area contributed by atoms with Crippen LogP contribution in [0, 0.1) is 12.3 Å². The van der Waals surface area contributed by atoms with Gasteiger partial charge >= 0.3 is 0 Å². The monoisotopic (exact) mass is 375 g/mol. The second-order valence-electron chi connectivity index (χ2n) is 5.05. The number of furan rings is 1. The standard InChI is InChI=1S/C17H17N3O5S/c1-2-8-20-26(23,24)14-6-3-5-13(12-14)16(21)18-9-10-19-17(22)15-7-4-11-25-15/h1,3-7,11-12,20H,8-10H2,(H,18,21)(H,19,22). The number of hydrogen-bond donors (Lipinski definition) is 3. The van der Waals surface area contributed by atoms with Gasteiger partial charge < -0.3 is 15.1 Å². The summed E-state index contributed by atoms with van der Waals surface area (Å²) in [5.74, 6) is 1.49. The van der Waals surface area contributed by atoms with Gasteiger partial charge in [0, 0.05) is 18.7 Å². The molecule has 3 N–H and O–H groups in total. The molecule has 0 aliphatic heterocycles. The second kappa shape index (κ2) is 8.84. The van der Waals surface area contributed by atoms with Crippen LogP contribution in [0.3, 0.4) is 0 Å². The lowest BCUT2D eigenvalue weighted by Crippen LogP contribution is -2.34. The Morgan fingerprint density at radius 3 is 2.46 bits per heavy atom. The molecular weight excluding hydrogens is 358 g/mol. The van der Waals surface area contributed by atoms with Gasteiger partial charge in [0.2, 0.25) is 10.0 Å². The van der Waals surface area contributed by atoms with Crippen molar-refractivity contribution >= 4 is 21.8 Å². The molecule has 8 nitrogen and oxygen atoms in total. The zero-order valence-corrected chi connectivity index (χ0v) is 14.5. The number of amides is 2. The average Bonchev–Trinajstić information content (AvgIpc) is 3.18. The Bertz CT molecular complexity index is 914. The fraction of sp³-hybridized carbons (Fsp3) is 0.176. The molecule has 1 aromatic carbocycles. The van der Waals surface area contributed by atoms with E-state index in [-0.39, 0.29) is 35.9 Å². The molecule has 0 aliphatic rings. The van der Waals surface area contributed by atoms with E-state index in [0.717, 1.165) is 0 Å². The van der Waals surface area contributed by atoms with E-state index in [9.17, 15) is 18.0 Å². The van der Waals surface area contributed by atoms with Gasteiger partial charge in [-0.25, -0.2) is 8.42 Å². The fourth-order valence-corrected chi connectivity index (χ4v) is 2.95. The van der Waals surface area contributed by atoms with Gasteiger partial charge in [0.15, 0.2) is 5.76 Å². The van der Waals surface area contributed by atoms with Gasteiger partial charge in [-0.3, -0.25) is 9.59 Å². The molecule has 0 saturated heterocycles. The Hall–Kier alpha value is -3.09. The van der Waals surface area contributed by atoms with Crippen LogP contribution in [0.25, 0.3) is 0 Å². The van der Waals surface area contributed by atoms with E-state index >= 15 is 0 Å². The quantitative estimate of drug-likeness (QED) is 0.455. The van der Waals surface area contributed by atoms with Gasteiger partial charge in [-0.15, -0.1) is 6.42 Å². The van der Waals surface area contributed by atoms with Crippen molar-refractivity contribution in [3.8, 4) is 12.3 Å². The van der Waals surface area contributed by atoms with E-state index in [1.54, 1.807) is 6.07 Å². The van der Waals surface area contributed by atoms with Gasteiger partial charge in [-0.1, -0.05) is 12.0 Å². The predicted molar refractivity (Wildman–Crippen MR) is 93.8 cm³/mol. The number of carbonyl (C=O) groups is 2. The summed E-state index contributed by atoms with van der Waals surface area (Å²) >= 11 is 0. The van der Waals surface area contributed by atoms with Crippen molar-refractivity contribution in [3.05, 3.63) is 54.0 Å². The van der Waals surface area contributed by atoms with E-state index in [2.05, 4.69) is 21.3 Å². The lowest BCUT2D eigenvalue weighted by Gasteiger charge is -2.08. The first-order valence-corrected chi connectivity index (χ1v) is 9.05.